The van der Waals surface area contributed by atoms with Gasteiger partial charge in [0.1, 0.15) is 17.0 Å². The van der Waals surface area contributed by atoms with Crippen molar-refractivity contribution in [3.63, 3.8) is 0 Å². The number of aromatic nitrogens is 1. The molecule has 0 fully saturated rings. The maximum atomic E-state index is 10.5. The molecule has 2 aromatic carbocycles. The normalized spacial score (nSPS) is 11.0. The second-order valence-electron chi connectivity index (χ2n) is 5.93. The van der Waals surface area contributed by atoms with E-state index in [2.05, 4.69) is 46.0 Å². The fraction of sp³-hybridized carbons (Fsp3) is 0.250. The first kappa shape index (κ1) is 16.8. The lowest BCUT2D eigenvalue weighted by Gasteiger charge is -2.11. The Kier molecular flexibility index (Phi) is 5.05. The van der Waals surface area contributed by atoms with E-state index in [-0.39, 0.29) is 5.75 Å². The molecule has 0 aliphatic rings. The third-order valence-electron chi connectivity index (χ3n) is 4.23. The maximum Gasteiger partial charge on any atom is 0.145 e. The molecule has 1 aromatic heterocycles. The van der Waals surface area contributed by atoms with Crippen LogP contribution in [0.1, 0.15) is 23.1 Å². The summed E-state index contributed by atoms with van der Waals surface area (Å²) < 4.78 is 6.43. The fourth-order valence-corrected chi connectivity index (χ4v) is 3.55. The Labute approximate surface area is 150 Å². The molecule has 4 heteroatoms. The minimum atomic E-state index is 0.282. The summed E-state index contributed by atoms with van der Waals surface area (Å²) in [5, 5.41) is 11.4. The molecular weight excluding hydrogens is 366 g/mol. The second kappa shape index (κ2) is 7.22. The van der Waals surface area contributed by atoms with E-state index >= 15 is 0 Å². The van der Waals surface area contributed by atoms with Crippen molar-refractivity contribution in [2.24, 2.45) is 0 Å². The van der Waals surface area contributed by atoms with Gasteiger partial charge >= 0.3 is 0 Å². The average Bonchev–Trinajstić information content (AvgIpc) is 2.60. The molecule has 0 amide bonds. The van der Waals surface area contributed by atoms with Gasteiger partial charge < -0.3 is 9.84 Å². The molecule has 0 aliphatic heterocycles. The molecule has 124 valence electrons. The van der Waals surface area contributed by atoms with Crippen LogP contribution in [0.4, 0.5) is 0 Å². The van der Waals surface area contributed by atoms with Crippen molar-refractivity contribution in [2.45, 2.75) is 26.2 Å². The summed E-state index contributed by atoms with van der Waals surface area (Å²) in [5.41, 5.74) is 3.95. The second-order valence-corrected chi connectivity index (χ2v) is 6.79. The summed E-state index contributed by atoms with van der Waals surface area (Å²) in [6.45, 7) is 2.06. The Balaban J connectivity index is 1.78. The number of phenols is 1. The van der Waals surface area contributed by atoms with Crippen molar-refractivity contribution in [3.8, 4) is 11.5 Å². The first-order chi connectivity index (χ1) is 11.6. The van der Waals surface area contributed by atoms with Gasteiger partial charge in [-0.05, 0) is 61.1 Å². The van der Waals surface area contributed by atoms with E-state index in [1.54, 1.807) is 13.3 Å². The molecule has 0 atom stereocenters. The van der Waals surface area contributed by atoms with Gasteiger partial charge in [-0.15, -0.1) is 0 Å². The number of ether oxygens (including phenoxy) is 1. The highest BCUT2D eigenvalue weighted by atomic mass is 79.9. The van der Waals surface area contributed by atoms with Gasteiger partial charge in [0.25, 0.3) is 0 Å². The zero-order valence-electron chi connectivity index (χ0n) is 13.8. The third kappa shape index (κ3) is 3.39. The predicted molar refractivity (Wildman–Crippen MR) is 101 cm³/mol. The van der Waals surface area contributed by atoms with Crippen molar-refractivity contribution in [1.29, 1.82) is 0 Å². The topological polar surface area (TPSA) is 42.4 Å². The van der Waals surface area contributed by atoms with Crippen LogP contribution in [0.25, 0.3) is 10.9 Å². The smallest absolute Gasteiger partial charge is 0.145 e. The van der Waals surface area contributed by atoms with Crippen LogP contribution in [0.2, 0.25) is 0 Å². The van der Waals surface area contributed by atoms with E-state index < -0.39 is 0 Å². The first-order valence-electron chi connectivity index (χ1n) is 7.98. The number of fused-ring (bicyclic) bond motifs is 1. The average molecular weight is 386 g/mol. The van der Waals surface area contributed by atoms with Gasteiger partial charge in [0.2, 0.25) is 0 Å². The largest absolute Gasteiger partial charge is 0.505 e. The molecule has 1 heterocycles. The van der Waals surface area contributed by atoms with Crippen LogP contribution < -0.4 is 4.74 Å². The number of halogens is 1. The minimum absolute atomic E-state index is 0.282. The van der Waals surface area contributed by atoms with Crippen LogP contribution in [-0.2, 0) is 12.8 Å². The zero-order chi connectivity index (χ0) is 17.1. The highest BCUT2D eigenvalue weighted by molar-refractivity contribution is 9.10. The van der Waals surface area contributed by atoms with E-state index in [0.717, 1.165) is 40.4 Å². The molecule has 3 aromatic rings. The highest BCUT2D eigenvalue weighted by Crippen LogP contribution is 2.34. The number of aromatic hydroxyl groups is 1. The van der Waals surface area contributed by atoms with Crippen LogP contribution >= 0.6 is 15.9 Å². The first-order valence-corrected chi connectivity index (χ1v) is 8.78. The molecule has 1 N–H and O–H groups in total. The quantitative estimate of drug-likeness (QED) is 0.656. The van der Waals surface area contributed by atoms with Crippen molar-refractivity contribution in [2.75, 3.05) is 7.11 Å². The summed E-state index contributed by atoms with van der Waals surface area (Å²) in [6, 6.07) is 12.1. The molecule has 0 saturated carbocycles. The van der Waals surface area contributed by atoms with E-state index in [1.165, 1.54) is 11.1 Å². The third-order valence-corrected chi connectivity index (χ3v) is 4.89. The Morgan fingerprint density at radius 1 is 1.12 bits per heavy atom. The minimum Gasteiger partial charge on any atom is -0.505 e. The number of phenolic OH excluding ortho intramolecular Hbond substituents is 1. The predicted octanol–water partition coefficient (Wildman–Crippen LogP) is 5.20. The number of rotatable bonds is 5. The lowest BCUT2D eigenvalue weighted by atomic mass is 10.0. The number of nitrogens with zero attached hydrogens (tertiary/aromatic N) is 1. The van der Waals surface area contributed by atoms with Gasteiger partial charge in [0.15, 0.2) is 0 Å². The molecular formula is C20H20BrNO2. The number of hydrogen-bond acceptors (Lipinski definition) is 3. The molecule has 0 saturated heterocycles. The Hall–Kier alpha value is -2.07. The molecule has 3 nitrogen and oxygen atoms in total. The fourth-order valence-electron chi connectivity index (χ4n) is 2.96. The lowest BCUT2D eigenvalue weighted by molar-refractivity contribution is 0.408. The SMILES string of the molecule is COc1cc(C)ccc1CCCc1cc(Br)c2cccnc2c1O. The van der Waals surface area contributed by atoms with Gasteiger partial charge in [0.05, 0.1) is 7.11 Å². The van der Waals surface area contributed by atoms with Crippen LogP contribution in [-0.4, -0.2) is 17.2 Å². The van der Waals surface area contributed by atoms with Crippen molar-refractivity contribution in [1.82, 2.24) is 4.98 Å². The molecule has 0 unspecified atom stereocenters. The lowest BCUT2D eigenvalue weighted by Crippen LogP contribution is -1.96. The van der Waals surface area contributed by atoms with Gasteiger partial charge in [-0.2, -0.15) is 0 Å². The Morgan fingerprint density at radius 3 is 2.71 bits per heavy atom. The van der Waals surface area contributed by atoms with Crippen molar-refractivity contribution < 1.29 is 9.84 Å². The van der Waals surface area contributed by atoms with Gasteiger partial charge in [0, 0.05) is 16.1 Å². The van der Waals surface area contributed by atoms with Gasteiger partial charge in [-0.3, -0.25) is 4.98 Å². The standard InChI is InChI=1S/C20H20BrNO2/c1-13-8-9-14(18(11-13)24-2)5-3-6-15-12-17(21)16-7-4-10-22-19(16)20(15)23/h4,7-12,23H,3,5-6H2,1-2H3. The highest BCUT2D eigenvalue weighted by Gasteiger charge is 2.11. The van der Waals surface area contributed by atoms with E-state index in [9.17, 15) is 5.11 Å². The molecule has 24 heavy (non-hydrogen) atoms. The van der Waals surface area contributed by atoms with E-state index in [1.807, 2.05) is 18.2 Å². The van der Waals surface area contributed by atoms with E-state index in [0.29, 0.717) is 5.52 Å². The molecule has 0 aliphatic carbocycles. The zero-order valence-corrected chi connectivity index (χ0v) is 15.4. The number of methoxy groups -OCH3 is 1. The number of benzene rings is 2. The summed E-state index contributed by atoms with van der Waals surface area (Å²) in [6.07, 6.45) is 4.32. The Bertz CT molecular complexity index is 877. The summed E-state index contributed by atoms with van der Waals surface area (Å²) in [4.78, 5) is 4.31. The van der Waals surface area contributed by atoms with Crippen LogP contribution in [0.15, 0.2) is 47.1 Å². The Morgan fingerprint density at radius 2 is 1.92 bits per heavy atom. The number of pyridine rings is 1. The van der Waals surface area contributed by atoms with Crippen LogP contribution in [0.5, 0.6) is 11.5 Å². The monoisotopic (exact) mass is 385 g/mol. The van der Waals surface area contributed by atoms with Crippen LogP contribution in [0.3, 0.4) is 0 Å². The molecule has 0 bridgehead atoms. The summed E-state index contributed by atoms with van der Waals surface area (Å²) in [7, 11) is 1.70. The summed E-state index contributed by atoms with van der Waals surface area (Å²) >= 11 is 3.58. The van der Waals surface area contributed by atoms with Crippen molar-refractivity contribution >= 4 is 26.8 Å². The molecule has 0 radical (unpaired) electrons. The molecule has 0 spiro atoms. The van der Waals surface area contributed by atoms with E-state index in [4.69, 9.17) is 4.74 Å². The maximum absolute atomic E-state index is 10.5. The summed E-state index contributed by atoms with van der Waals surface area (Å²) in [5.74, 6) is 1.21. The van der Waals surface area contributed by atoms with Crippen LogP contribution in [0, 0.1) is 6.92 Å². The van der Waals surface area contributed by atoms with Gasteiger partial charge in [-0.25, -0.2) is 0 Å². The number of hydrogen-bond donors (Lipinski definition) is 1. The van der Waals surface area contributed by atoms with Crippen molar-refractivity contribution in [3.05, 3.63) is 63.8 Å². The van der Waals surface area contributed by atoms with Gasteiger partial charge in [-0.1, -0.05) is 34.1 Å². The molecule has 3 rings (SSSR count). The number of aryl methyl sites for hydroxylation is 3.